The van der Waals surface area contributed by atoms with Gasteiger partial charge in [-0.05, 0) is 34.9 Å². The molecule has 5 heteroatoms. The van der Waals surface area contributed by atoms with Gasteiger partial charge in [-0.2, -0.15) is 13.2 Å². The van der Waals surface area contributed by atoms with E-state index in [1.165, 1.54) is 12.1 Å². The van der Waals surface area contributed by atoms with Crippen LogP contribution in [0.15, 0.2) is 42.5 Å². The van der Waals surface area contributed by atoms with E-state index in [4.69, 9.17) is 23.2 Å². The van der Waals surface area contributed by atoms with Crippen molar-refractivity contribution in [3.8, 4) is 11.1 Å². The van der Waals surface area contributed by atoms with Gasteiger partial charge in [0, 0.05) is 10.9 Å². The zero-order chi connectivity index (χ0) is 14.0. The minimum Gasteiger partial charge on any atom is -0.166 e. The van der Waals surface area contributed by atoms with Gasteiger partial charge in [0.25, 0.3) is 0 Å². The molecule has 0 aliphatic heterocycles. The van der Waals surface area contributed by atoms with Crippen LogP contribution in [0.3, 0.4) is 0 Å². The van der Waals surface area contributed by atoms with Gasteiger partial charge in [0.1, 0.15) is 0 Å². The third-order valence-electron chi connectivity index (χ3n) is 2.73. The number of hydrogen-bond donors (Lipinski definition) is 0. The summed E-state index contributed by atoms with van der Waals surface area (Å²) in [5.41, 5.74) is 0.462. The largest absolute Gasteiger partial charge is 0.417 e. The van der Waals surface area contributed by atoms with Crippen molar-refractivity contribution in [3.05, 3.63) is 58.6 Å². The molecule has 0 saturated carbocycles. The lowest BCUT2D eigenvalue weighted by molar-refractivity contribution is -0.137. The summed E-state index contributed by atoms with van der Waals surface area (Å²) in [6.07, 6.45) is -4.40. The molecule has 0 amide bonds. The monoisotopic (exact) mass is 304 g/mol. The maximum absolute atomic E-state index is 13.0. The van der Waals surface area contributed by atoms with E-state index in [-0.39, 0.29) is 11.4 Å². The predicted molar refractivity (Wildman–Crippen MR) is 71.4 cm³/mol. The fraction of sp³-hybridized carbons (Fsp3) is 0.143. The van der Waals surface area contributed by atoms with Gasteiger partial charge in [-0.15, -0.1) is 11.6 Å². The van der Waals surface area contributed by atoms with E-state index in [2.05, 4.69) is 0 Å². The maximum atomic E-state index is 13.0. The number of halogens is 5. The van der Waals surface area contributed by atoms with Crippen LogP contribution in [0.25, 0.3) is 11.1 Å². The zero-order valence-electron chi connectivity index (χ0n) is 9.64. The highest BCUT2D eigenvalue weighted by molar-refractivity contribution is 6.30. The van der Waals surface area contributed by atoms with Gasteiger partial charge in [0.15, 0.2) is 0 Å². The summed E-state index contributed by atoms with van der Waals surface area (Å²) in [4.78, 5) is 0. The first-order chi connectivity index (χ1) is 8.93. The molecule has 2 rings (SSSR count). The summed E-state index contributed by atoms with van der Waals surface area (Å²) in [7, 11) is 0. The highest BCUT2D eigenvalue weighted by Crippen LogP contribution is 2.38. The summed E-state index contributed by atoms with van der Waals surface area (Å²) >= 11 is 11.6. The summed E-state index contributed by atoms with van der Waals surface area (Å²) < 4.78 is 39.0. The summed E-state index contributed by atoms with van der Waals surface area (Å²) in [6.45, 7) is 0. The lowest BCUT2D eigenvalue weighted by Crippen LogP contribution is -2.07. The Kier molecular flexibility index (Phi) is 4.07. The van der Waals surface area contributed by atoms with Crippen molar-refractivity contribution in [2.24, 2.45) is 0 Å². The predicted octanol–water partition coefficient (Wildman–Crippen LogP) is 5.76. The van der Waals surface area contributed by atoms with Crippen LogP contribution in [-0.4, -0.2) is 0 Å². The van der Waals surface area contributed by atoms with Crippen molar-refractivity contribution in [3.63, 3.8) is 0 Å². The SMILES string of the molecule is FC(F)(F)c1ccccc1-c1ccc(Cl)cc1CCl. The average molecular weight is 305 g/mol. The molecule has 2 aromatic carbocycles. The van der Waals surface area contributed by atoms with Crippen molar-refractivity contribution in [1.82, 2.24) is 0 Å². The molecule has 0 N–H and O–H groups in total. The number of hydrogen-bond acceptors (Lipinski definition) is 0. The second-order valence-electron chi connectivity index (χ2n) is 3.98. The van der Waals surface area contributed by atoms with E-state index in [9.17, 15) is 13.2 Å². The van der Waals surface area contributed by atoms with E-state index in [0.29, 0.717) is 16.1 Å². The Labute approximate surface area is 118 Å². The second kappa shape index (κ2) is 5.43. The standard InChI is InChI=1S/C14H9Cl2F3/c15-8-9-7-10(16)5-6-11(9)12-3-1-2-4-13(12)14(17,18)19/h1-7H,8H2. The van der Waals surface area contributed by atoms with E-state index in [1.54, 1.807) is 24.3 Å². The van der Waals surface area contributed by atoms with Crippen molar-refractivity contribution in [2.75, 3.05) is 0 Å². The Bertz CT molecular complexity index is 591. The smallest absolute Gasteiger partial charge is 0.166 e. The third kappa shape index (κ3) is 3.04. The Morgan fingerprint density at radius 3 is 2.26 bits per heavy atom. The summed E-state index contributed by atoms with van der Waals surface area (Å²) in [5.74, 6) is 0.0993. The molecule has 0 bridgehead atoms. The van der Waals surface area contributed by atoms with E-state index in [0.717, 1.165) is 6.07 Å². The molecule has 19 heavy (non-hydrogen) atoms. The van der Waals surface area contributed by atoms with Crippen LogP contribution >= 0.6 is 23.2 Å². The molecule has 0 heterocycles. The molecule has 0 unspecified atom stereocenters. The maximum Gasteiger partial charge on any atom is 0.417 e. The first-order valence-corrected chi connectivity index (χ1v) is 6.35. The molecule has 0 aliphatic rings. The summed E-state index contributed by atoms with van der Waals surface area (Å²) in [6, 6.07) is 10.1. The van der Waals surface area contributed by atoms with Crippen molar-refractivity contribution >= 4 is 23.2 Å². The number of benzene rings is 2. The number of alkyl halides is 4. The topological polar surface area (TPSA) is 0 Å². The minimum absolute atomic E-state index is 0.0993. The zero-order valence-corrected chi connectivity index (χ0v) is 11.2. The van der Waals surface area contributed by atoms with Gasteiger partial charge >= 0.3 is 6.18 Å². The third-order valence-corrected chi connectivity index (χ3v) is 3.26. The van der Waals surface area contributed by atoms with Gasteiger partial charge in [-0.25, -0.2) is 0 Å². The number of rotatable bonds is 2. The van der Waals surface area contributed by atoms with Gasteiger partial charge in [0.05, 0.1) is 5.56 Å². The molecule has 0 spiro atoms. The van der Waals surface area contributed by atoms with E-state index in [1.807, 2.05) is 0 Å². The molecule has 0 aliphatic carbocycles. The summed E-state index contributed by atoms with van der Waals surface area (Å²) in [5, 5.41) is 0.448. The average Bonchev–Trinajstić information content (AvgIpc) is 2.37. The Hall–Kier alpha value is -1.19. The van der Waals surface area contributed by atoms with Gasteiger partial charge in [0.2, 0.25) is 0 Å². The fourth-order valence-corrected chi connectivity index (χ4v) is 2.32. The van der Waals surface area contributed by atoms with Gasteiger partial charge in [-0.1, -0.05) is 35.9 Å². The van der Waals surface area contributed by atoms with E-state index < -0.39 is 11.7 Å². The van der Waals surface area contributed by atoms with Crippen LogP contribution in [0.2, 0.25) is 5.02 Å². The minimum atomic E-state index is -4.40. The molecule has 0 atom stereocenters. The van der Waals surface area contributed by atoms with Crippen LogP contribution in [0.5, 0.6) is 0 Å². The quantitative estimate of drug-likeness (QED) is 0.618. The molecule has 0 nitrogen and oxygen atoms in total. The van der Waals surface area contributed by atoms with Crippen molar-refractivity contribution in [2.45, 2.75) is 12.1 Å². The highest BCUT2D eigenvalue weighted by Gasteiger charge is 2.33. The van der Waals surface area contributed by atoms with Crippen molar-refractivity contribution in [1.29, 1.82) is 0 Å². The Morgan fingerprint density at radius 2 is 1.63 bits per heavy atom. The molecule has 100 valence electrons. The van der Waals surface area contributed by atoms with Crippen LogP contribution in [0.1, 0.15) is 11.1 Å². The van der Waals surface area contributed by atoms with Crippen LogP contribution < -0.4 is 0 Å². The van der Waals surface area contributed by atoms with Gasteiger partial charge < -0.3 is 0 Å². The lowest BCUT2D eigenvalue weighted by Gasteiger charge is -2.15. The molecule has 2 aromatic rings. The first kappa shape index (κ1) is 14.2. The van der Waals surface area contributed by atoms with E-state index >= 15 is 0 Å². The molecule has 0 radical (unpaired) electrons. The van der Waals surface area contributed by atoms with Gasteiger partial charge in [-0.3, -0.25) is 0 Å². The molecular formula is C14H9Cl2F3. The highest BCUT2D eigenvalue weighted by atomic mass is 35.5. The van der Waals surface area contributed by atoms with Crippen LogP contribution in [0, 0.1) is 0 Å². The lowest BCUT2D eigenvalue weighted by atomic mass is 9.96. The van der Waals surface area contributed by atoms with Crippen LogP contribution in [-0.2, 0) is 12.1 Å². The second-order valence-corrected chi connectivity index (χ2v) is 4.68. The normalized spacial score (nSPS) is 11.6. The van der Waals surface area contributed by atoms with Crippen molar-refractivity contribution < 1.29 is 13.2 Å². The Balaban J connectivity index is 2.66. The molecule has 0 saturated heterocycles. The first-order valence-electron chi connectivity index (χ1n) is 5.44. The fourth-order valence-electron chi connectivity index (χ4n) is 1.90. The molecule has 0 fully saturated rings. The Morgan fingerprint density at radius 1 is 0.947 bits per heavy atom. The molecule has 0 aromatic heterocycles. The molecular weight excluding hydrogens is 296 g/mol. The van der Waals surface area contributed by atoms with Crippen LogP contribution in [0.4, 0.5) is 13.2 Å².